The van der Waals surface area contributed by atoms with Gasteiger partial charge < -0.3 is 10.6 Å². The van der Waals surface area contributed by atoms with Crippen LogP contribution in [0.5, 0.6) is 0 Å². The van der Waals surface area contributed by atoms with Gasteiger partial charge in [-0.15, -0.1) is 11.3 Å². The van der Waals surface area contributed by atoms with Gasteiger partial charge in [0.15, 0.2) is 5.65 Å². The average Bonchev–Trinajstić information content (AvgIpc) is 3.46. The van der Waals surface area contributed by atoms with E-state index in [-0.39, 0.29) is 17.9 Å². The van der Waals surface area contributed by atoms with Crippen LogP contribution in [0.15, 0.2) is 54.0 Å². The highest BCUT2D eigenvalue weighted by atomic mass is 32.1. The van der Waals surface area contributed by atoms with E-state index in [1.54, 1.807) is 42.8 Å². The van der Waals surface area contributed by atoms with Gasteiger partial charge in [-0.25, -0.2) is 9.67 Å². The summed E-state index contributed by atoms with van der Waals surface area (Å²) in [6, 6.07) is 13.1. The number of amides is 2. The molecule has 158 valence electrons. The summed E-state index contributed by atoms with van der Waals surface area (Å²) in [4.78, 5) is 30.8. The van der Waals surface area contributed by atoms with Crippen LogP contribution in [0.3, 0.4) is 0 Å². The molecule has 8 heteroatoms. The second kappa shape index (κ2) is 8.69. The van der Waals surface area contributed by atoms with E-state index in [0.29, 0.717) is 28.7 Å². The van der Waals surface area contributed by atoms with Gasteiger partial charge in [0.1, 0.15) is 0 Å². The molecule has 0 spiro atoms. The molecule has 31 heavy (non-hydrogen) atoms. The fourth-order valence-electron chi connectivity index (χ4n) is 3.38. The summed E-state index contributed by atoms with van der Waals surface area (Å²) in [6.45, 7) is 4.37. The Labute approximate surface area is 184 Å². The zero-order valence-electron chi connectivity index (χ0n) is 17.5. The number of pyridine rings is 1. The fourth-order valence-corrected chi connectivity index (χ4v) is 4.06. The van der Waals surface area contributed by atoms with Crippen molar-refractivity contribution >= 4 is 34.2 Å². The Morgan fingerprint density at radius 2 is 1.97 bits per heavy atom. The summed E-state index contributed by atoms with van der Waals surface area (Å²) in [6.07, 6.45) is 1.70. The molecule has 0 unspecified atom stereocenters. The van der Waals surface area contributed by atoms with Gasteiger partial charge in [0, 0.05) is 25.2 Å². The predicted octanol–water partition coefficient (Wildman–Crippen LogP) is 4.03. The molecule has 2 N–H and O–H groups in total. The molecule has 3 aromatic heterocycles. The Kier molecular flexibility index (Phi) is 5.81. The van der Waals surface area contributed by atoms with Crippen LogP contribution in [-0.2, 0) is 6.54 Å². The van der Waals surface area contributed by atoms with Crippen molar-refractivity contribution < 1.29 is 9.59 Å². The monoisotopic (exact) mass is 433 g/mol. The molecule has 0 aliphatic carbocycles. The van der Waals surface area contributed by atoms with Gasteiger partial charge in [-0.3, -0.25) is 9.59 Å². The molecule has 3 heterocycles. The third-order valence-corrected chi connectivity index (χ3v) is 5.84. The maximum Gasteiger partial charge on any atom is 0.252 e. The molecule has 0 bridgehead atoms. The van der Waals surface area contributed by atoms with Crippen LogP contribution in [-0.4, -0.2) is 33.6 Å². The van der Waals surface area contributed by atoms with Crippen molar-refractivity contribution in [3.05, 3.63) is 70.7 Å². The lowest BCUT2D eigenvalue weighted by Crippen LogP contribution is -2.24. The molecule has 1 aromatic carbocycles. The van der Waals surface area contributed by atoms with E-state index in [1.165, 1.54) is 0 Å². The number of hydrogen-bond donors (Lipinski definition) is 2. The van der Waals surface area contributed by atoms with Crippen molar-refractivity contribution in [3.8, 4) is 10.6 Å². The van der Waals surface area contributed by atoms with E-state index in [9.17, 15) is 9.59 Å². The zero-order chi connectivity index (χ0) is 22.0. The minimum Gasteiger partial charge on any atom is -0.355 e. The van der Waals surface area contributed by atoms with Gasteiger partial charge in [-0.2, -0.15) is 5.10 Å². The second-order valence-corrected chi connectivity index (χ2v) is 8.36. The molecule has 0 aliphatic rings. The fraction of sp³-hybridized carbons (Fsp3) is 0.217. The molecule has 0 radical (unpaired) electrons. The smallest absolute Gasteiger partial charge is 0.252 e. The number of carbonyl (C=O) groups is 2. The Morgan fingerprint density at radius 3 is 2.68 bits per heavy atom. The average molecular weight is 434 g/mol. The third-order valence-electron chi connectivity index (χ3n) is 4.94. The third kappa shape index (κ3) is 4.20. The lowest BCUT2D eigenvalue weighted by atomic mass is 10.1. The molecule has 0 aliphatic heterocycles. The van der Waals surface area contributed by atoms with Gasteiger partial charge >= 0.3 is 0 Å². The number of nitrogens with one attached hydrogen (secondary N) is 2. The van der Waals surface area contributed by atoms with Crippen LogP contribution in [0.1, 0.15) is 46.2 Å². The normalized spacial score (nSPS) is 11.1. The number of hydrogen-bond acceptors (Lipinski definition) is 5. The molecule has 0 fully saturated rings. The molecule has 2 amide bonds. The molecular formula is C23H23N5O2S. The van der Waals surface area contributed by atoms with E-state index in [0.717, 1.165) is 16.1 Å². The predicted molar refractivity (Wildman–Crippen MR) is 122 cm³/mol. The summed E-state index contributed by atoms with van der Waals surface area (Å²) >= 11 is 1.58. The highest BCUT2D eigenvalue weighted by molar-refractivity contribution is 7.13. The van der Waals surface area contributed by atoms with E-state index in [1.807, 2.05) is 48.2 Å². The van der Waals surface area contributed by atoms with Crippen LogP contribution < -0.4 is 10.6 Å². The largest absolute Gasteiger partial charge is 0.355 e. The number of fused-ring (bicyclic) bond motifs is 1. The van der Waals surface area contributed by atoms with Gasteiger partial charge in [-0.1, -0.05) is 18.2 Å². The number of rotatable bonds is 6. The first-order valence-electron chi connectivity index (χ1n) is 9.99. The highest BCUT2D eigenvalue weighted by Gasteiger charge is 2.19. The van der Waals surface area contributed by atoms with Gasteiger partial charge in [0.25, 0.3) is 11.8 Å². The number of benzene rings is 1. The minimum absolute atomic E-state index is 0.118. The molecule has 0 saturated heterocycles. The van der Waals surface area contributed by atoms with E-state index in [4.69, 9.17) is 4.98 Å². The number of aromatic nitrogens is 3. The summed E-state index contributed by atoms with van der Waals surface area (Å²) < 4.78 is 1.83. The standard InChI is InChI=1S/C23H23N5O2S/c1-14(2)28-21-18(13-26-28)17(11-19(27-21)20-8-5-9-31-20)23(30)25-12-15-6-4-7-16(10-15)22(29)24-3/h4-11,13-14H,12H2,1-3H3,(H,24,29)(H,25,30). The van der Waals surface area contributed by atoms with E-state index < -0.39 is 0 Å². The maximum atomic E-state index is 13.2. The van der Waals surface area contributed by atoms with E-state index in [2.05, 4.69) is 15.7 Å². The lowest BCUT2D eigenvalue weighted by Gasteiger charge is -2.11. The Hall–Kier alpha value is -3.52. The minimum atomic E-state index is -0.209. The molecule has 0 saturated carbocycles. The Balaban J connectivity index is 1.67. The molecular weight excluding hydrogens is 410 g/mol. The molecule has 4 aromatic rings. The molecule has 7 nitrogen and oxygen atoms in total. The first-order valence-corrected chi connectivity index (χ1v) is 10.9. The highest BCUT2D eigenvalue weighted by Crippen LogP contribution is 2.29. The van der Waals surface area contributed by atoms with Crippen LogP contribution in [0.25, 0.3) is 21.6 Å². The quantitative estimate of drug-likeness (QED) is 0.480. The van der Waals surface area contributed by atoms with Gasteiger partial charge in [0.05, 0.1) is 27.7 Å². The van der Waals surface area contributed by atoms with Crippen molar-refractivity contribution in [3.63, 3.8) is 0 Å². The summed E-state index contributed by atoms with van der Waals surface area (Å²) in [5.41, 5.74) is 3.36. The zero-order valence-corrected chi connectivity index (χ0v) is 18.4. The summed E-state index contributed by atoms with van der Waals surface area (Å²) in [5, 5.41) is 12.7. The topological polar surface area (TPSA) is 88.9 Å². The Morgan fingerprint density at radius 1 is 1.13 bits per heavy atom. The number of carbonyl (C=O) groups excluding carboxylic acids is 2. The maximum absolute atomic E-state index is 13.2. The second-order valence-electron chi connectivity index (χ2n) is 7.41. The SMILES string of the molecule is CNC(=O)c1cccc(CNC(=O)c2cc(-c3cccs3)nc3c2cnn3C(C)C)c1. The van der Waals surface area contributed by atoms with Crippen LogP contribution in [0.4, 0.5) is 0 Å². The Bertz CT molecular complexity index is 1240. The summed E-state index contributed by atoms with van der Waals surface area (Å²) in [7, 11) is 1.59. The first kappa shape index (κ1) is 20.7. The van der Waals surface area contributed by atoms with E-state index >= 15 is 0 Å². The molecule has 0 atom stereocenters. The van der Waals surface area contributed by atoms with Crippen molar-refractivity contribution in [2.45, 2.75) is 26.4 Å². The van der Waals surface area contributed by atoms with Gasteiger partial charge in [-0.05, 0) is 49.1 Å². The van der Waals surface area contributed by atoms with Gasteiger partial charge in [0.2, 0.25) is 0 Å². The summed E-state index contributed by atoms with van der Waals surface area (Å²) in [5.74, 6) is -0.371. The van der Waals surface area contributed by atoms with Crippen LogP contribution >= 0.6 is 11.3 Å². The number of nitrogens with zero attached hydrogens (tertiary/aromatic N) is 3. The van der Waals surface area contributed by atoms with Crippen molar-refractivity contribution in [2.75, 3.05) is 7.05 Å². The lowest BCUT2D eigenvalue weighted by molar-refractivity contribution is 0.0950. The van der Waals surface area contributed by atoms with Crippen LogP contribution in [0.2, 0.25) is 0 Å². The molecule has 4 rings (SSSR count). The van der Waals surface area contributed by atoms with Crippen molar-refractivity contribution in [1.29, 1.82) is 0 Å². The van der Waals surface area contributed by atoms with Crippen LogP contribution in [0, 0.1) is 0 Å². The first-order chi connectivity index (χ1) is 15.0. The number of thiophene rings is 1. The van der Waals surface area contributed by atoms with Crippen molar-refractivity contribution in [2.24, 2.45) is 0 Å². The van der Waals surface area contributed by atoms with Crippen molar-refractivity contribution in [1.82, 2.24) is 25.4 Å².